The van der Waals surface area contributed by atoms with Gasteiger partial charge >= 0.3 is 7.12 Å². The van der Waals surface area contributed by atoms with Crippen LogP contribution in [-0.4, -0.2) is 28.2 Å². The minimum absolute atomic E-state index is 0.0689. The van der Waals surface area contributed by atoms with Gasteiger partial charge in [0.1, 0.15) is 0 Å². The fourth-order valence-electron chi connectivity index (χ4n) is 14.8. The lowest BCUT2D eigenvalue weighted by Crippen LogP contribution is -2.41. The molecular weight excluding hydrogens is 1340 g/mol. The van der Waals surface area contributed by atoms with Crippen molar-refractivity contribution in [2.24, 2.45) is 0 Å². The van der Waals surface area contributed by atoms with E-state index < -0.39 is 4.92 Å². The molecule has 17 rings (SSSR count). The number of nitro groups is 2. The summed E-state index contributed by atoms with van der Waals surface area (Å²) in [4.78, 5) is 21.5. The van der Waals surface area contributed by atoms with Crippen molar-refractivity contribution in [3.8, 4) is 33.4 Å². The molecular formula is C80H60BBr3N2O6. The summed E-state index contributed by atoms with van der Waals surface area (Å²) < 4.78 is 14.8. The minimum atomic E-state index is -0.436. The number of halogens is 3. The number of hydrogen-bond donors (Lipinski definition) is 0. The first-order valence-corrected chi connectivity index (χ1v) is 33.2. The summed E-state index contributed by atoms with van der Waals surface area (Å²) in [6.45, 7) is 17.8. The summed E-state index contributed by atoms with van der Waals surface area (Å²) in [5.74, 6) is 0. The zero-order chi connectivity index (χ0) is 64.1. The molecule has 0 amide bonds. The molecule has 0 N–H and O–H groups in total. The second kappa shape index (κ2) is 21.8. The molecule has 1 heterocycles. The van der Waals surface area contributed by atoms with E-state index in [2.05, 4.69) is 279 Å². The molecule has 0 spiro atoms. The smallest absolute Gasteiger partial charge is 0.399 e. The van der Waals surface area contributed by atoms with Crippen LogP contribution in [0.4, 0.5) is 11.4 Å². The van der Waals surface area contributed by atoms with Crippen LogP contribution in [0.1, 0.15) is 77.6 Å². The average Bonchev–Trinajstić information content (AvgIpc) is 1.39. The summed E-state index contributed by atoms with van der Waals surface area (Å²) >= 11 is 9.60. The van der Waals surface area contributed by atoms with Crippen molar-refractivity contribution < 1.29 is 19.2 Å². The monoisotopic (exact) mass is 1390 g/mol. The van der Waals surface area contributed by atoms with Gasteiger partial charge in [-0.1, -0.05) is 211 Å². The Bertz CT molecular complexity index is 5550. The second-order valence-electron chi connectivity index (χ2n) is 26.6. The predicted molar refractivity (Wildman–Crippen MR) is 392 cm³/mol. The first-order chi connectivity index (χ1) is 44.0. The zero-order valence-electron chi connectivity index (χ0n) is 51.8. The van der Waals surface area contributed by atoms with Gasteiger partial charge in [-0.25, -0.2) is 0 Å². The first-order valence-electron chi connectivity index (χ1n) is 30.8. The topological polar surface area (TPSA) is 105 Å². The van der Waals surface area contributed by atoms with Gasteiger partial charge in [0.25, 0.3) is 11.4 Å². The number of benzene rings is 14. The molecule has 14 aromatic carbocycles. The molecule has 1 saturated heterocycles. The summed E-state index contributed by atoms with van der Waals surface area (Å²) in [6, 6.07) is 77.0. The first kappa shape index (κ1) is 59.7. The van der Waals surface area contributed by atoms with Crippen LogP contribution in [0, 0.1) is 20.2 Å². The van der Waals surface area contributed by atoms with E-state index in [-0.39, 0.29) is 45.4 Å². The molecule has 0 aromatic heterocycles. The van der Waals surface area contributed by atoms with Crippen LogP contribution in [-0.2, 0) is 20.1 Å². The van der Waals surface area contributed by atoms with E-state index in [1.165, 1.54) is 131 Å². The summed E-state index contributed by atoms with van der Waals surface area (Å²) in [7, 11) is -0.376. The van der Waals surface area contributed by atoms with Gasteiger partial charge in [0, 0.05) is 31.9 Å². The van der Waals surface area contributed by atoms with Crippen molar-refractivity contribution in [3.63, 3.8) is 0 Å². The molecule has 450 valence electrons. The van der Waals surface area contributed by atoms with Crippen LogP contribution in [0.5, 0.6) is 0 Å². The Hall–Kier alpha value is -8.62. The van der Waals surface area contributed by atoms with E-state index in [0.717, 1.165) is 16.6 Å². The van der Waals surface area contributed by atoms with Crippen LogP contribution in [0.3, 0.4) is 0 Å². The van der Waals surface area contributed by atoms with Crippen molar-refractivity contribution >= 4 is 158 Å². The van der Waals surface area contributed by atoms with E-state index >= 15 is 0 Å². The molecule has 0 saturated carbocycles. The van der Waals surface area contributed by atoms with Crippen LogP contribution in [0.15, 0.2) is 232 Å². The highest BCUT2D eigenvalue weighted by Gasteiger charge is 2.52. The van der Waals surface area contributed by atoms with Gasteiger partial charge in [0.2, 0.25) is 0 Å². The third kappa shape index (κ3) is 9.41. The predicted octanol–water partition coefficient (Wildman–Crippen LogP) is 23.0. The number of fused-ring (bicyclic) bond motifs is 22. The van der Waals surface area contributed by atoms with E-state index in [4.69, 9.17) is 9.31 Å². The summed E-state index contributed by atoms with van der Waals surface area (Å²) in [5.41, 5.74) is 11.9. The zero-order valence-corrected chi connectivity index (χ0v) is 56.6. The van der Waals surface area contributed by atoms with Crippen molar-refractivity contribution in [3.05, 3.63) is 274 Å². The molecule has 12 heteroatoms. The minimum Gasteiger partial charge on any atom is -0.399 e. The quantitative estimate of drug-likeness (QED) is 0.0752. The normalized spacial score (nSPS) is 15.3. The van der Waals surface area contributed by atoms with Crippen molar-refractivity contribution in [2.45, 2.75) is 77.4 Å². The molecule has 1 aliphatic heterocycles. The van der Waals surface area contributed by atoms with Crippen LogP contribution >= 0.6 is 47.8 Å². The number of nitro benzene ring substituents is 2. The van der Waals surface area contributed by atoms with Gasteiger partial charge in [-0.3, -0.25) is 20.2 Å². The van der Waals surface area contributed by atoms with E-state index in [9.17, 15) is 20.2 Å². The Morgan fingerprint density at radius 2 is 0.761 bits per heavy atom. The van der Waals surface area contributed by atoms with Crippen LogP contribution in [0.25, 0.3) is 120 Å². The molecule has 0 atom stereocenters. The highest BCUT2D eigenvalue weighted by molar-refractivity contribution is 9.11. The number of nitrogens with zero attached hydrogens (tertiary/aromatic N) is 2. The lowest BCUT2D eigenvalue weighted by atomic mass is 9.76. The number of rotatable bonds is 4. The van der Waals surface area contributed by atoms with Crippen molar-refractivity contribution in [1.29, 1.82) is 0 Å². The Balaban J connectivity index is 0.000000131. The molecule has 0 unspecified atom stereocenters. The SMILES string of the molecule is CC1(C)c2ccc(-c3ccc(Br)cc3[N+](=O)[O-])cc2-c2cc3c4ccccc4c4ccc5ccccc5c4c3cc21.CC1(C)c2ccc(B3OC(C)(C)C(C)(C)O3)cc2-c2cc3c4ccccc4c4ccc5ccccc5c4c3cc21.O=[N+]([O-])c1cc(Br)ccc1Br. The van der Waals surface area contributed by atoms with E-state index in [0.29, 0.717) is 19.0 Å². The fourth-order valence-corrected chi connectivity index (χ4v) is 15.9. The van der Waals surface area contributed by atoms with Crippen molar-refractivity contribution in [1.82, 2.24) is 0 Å². The lowest BCUT2D eigenvalue weighted by Gasteiger charge is -2.32. The molecule has 1 fully saturated rings. The third-order valence-electron chi connectivity index (χ3n) is 20.2. The highest BCUT2D eigenvalue weighted by atomic mass is 79.9. The van der Waals surface area contributed by atoms with E-state index in [1.807, 2.05) is 18.2 Å². The maximum atomic E-state index is 11.9. The second-order valence-corrected chi connectivity index (χ2v) is 29.3. The third-order valence-corrected chi connectivity index (χ3v) is 21.8. The van der Waals surface area contributed by atoms with Gasteiger partial charge in [-0.2, -0.15) is 0 Å². The maximum absolute atomic E-state index is 11.9. The summed E-state index contributed by atoms with van der Waals surface area (Å²) in [5, 5.41) is 42.8. The van der Waals surface area contributed by atoms with Crippen LogP contribution < -0.4 is 5.46 Å². The van der Waals surface area contributed by atoms with Gasteiger partial charge in [0.15, 0.2) is 0 Å². The molecule has 0 radical (unpaired) electrons. The van der Waals surface area contributed by atoms with Crippen molar-refractivity contribution in [2.75, 3.05) is 0 Å². The van der Waals surface area contributed by atoms with E-state index in [1.54, 1.807) is 18.2 Å². The Kier molecular flexibility index (Phi) is 14.1. The fraction of sp³-hybridized carbons (Fsp3) is 0.150. The Morgan fingerprint density at radius 3 is 1.24 bits per heavy atom. The standard InChI is InChI=1S/C37H33BO2.C37H24BrNO2.C6H3Br2NO2/c1-35(2)32-18-16-23(38-39-36(3,4)37(5,6)40-38)19-29(32)30-20-28-26-14-10-9-13-25(26)27-17-15-22-11-7-8-12-24(22)34(27)31(28)21-33(30)35;1-37(2)33-16-12-22(24-15-13-23(38)18-35(24)39(40)41)17-30(33)31-19-29-27-10-6-5-9-26(27)28-14-11-21-7-3-4-8-25(21)36(28)32(29)20-34(31)37;7-4-1-2-5(8)6(3-4)9(10)11/h7-21H,1-6H3;3-20H,1-2H3;1-3H. The molecule has 2 aliphatic carbocycles. The molecule has 3 aliphatic rings. The Morgan fingerprint density at radius 1 is 0.348 bits per heavy atom. The van der Waals surface area contributed by atoms with Crippen LogP contribution in [0.2, 0.25) is 0 Å². The average molecular weight is 1400 g/mol. The van der Waals surface area contributed by atoms with Gasteiger partial charge in [-0.05, 0) is 240 Å². The lowest BCUT2D eigenvalue weighted by molar-refractivity contribution is -0.385. The number of hydrogen-bond acceptors (Lipinski definition) is 6. The van der Waals surface area contributed by atoms with Gasteiger partial charge in [-0.15, -0.1) is 0 Å². The Labute approximate surface area is 558 Å². The van der Waals surface area contributed by atoms with Gasteiger partial charge in [0.05, 0.1) is 31.1 Å². The largest absolute Gasteiger partial charge is 0.494 e. The molecule has 92 heavy (non-hydrogen) atoms. The maximum Gasteiger partial charge on any atom is 0.494 e. The molecule has 0 bridgehead atoms. The summed E-state index contributed by atoms with van der Waals surface area (Å²) in [6.07, 6.45) is 0. The molecule has 14 aromatic rings. The van der Waals surface area contributed by atoms with Gasteiger partial charge < -0.3 is 9.31 Å². The highest BCUT2D eigenvalue weighted by Crippen LogP contribution is 2.55. The molecule has 8 nitrogen and oxygen atoms in total.